The number of amides is 2. The lowest BCUT2D eigenvalue weighted by Crippen LogP contribution is -2.36. The summed E-state index contributed by atoms with van der Waals surface area (Å²) >= 11 is 1.16. The number of ether oxygens (including phenoxy) is 1. The third-order valence-electron chi connectivity index (χ3n) is 5.09. The summed E-state index contributed by atoms with van der Waals surface area (Å²) in [6.07, 6.45) is -3.05. The van der Waals surface area contributed by atoms with Crippen LogP contribution >= 0.6 is 11.3 Å². The van der Waals surface area contributed by atoms with Crippen molar-refractivity contribution in [2.75, 3.05) is 42.7 Å². The predicted octanol–water partition coefficient (Wildman–Crippen LogP) is 3.99. The molecule has 3 aromatic rings. The summed E-state index contributed by atoms with van der Waals surface area (Å²) in [5.74, 6) is 0.107. The Labute approximate surface area is 197 Å². The third kappa shape index (κ3) is 5.79. The number of carbonyl (C=O) groups excluding carboxylic acids is 1. The maximum Gasteiger partial charge on any atom is 0.416 e. The van der Waals surface area contributed by atoms with E-state index in [0.29, 0.717) is 42.6 Å². The molecule has 0 aliphatic carbocycles. The highest BCUT2D eigenvalue weighted by molar-refractivity contribution is 7.19. The van der Waals surface area contributed by atoms with E-state index in [9.17, 15) is 18.0 Å². The Morgan fingerprint density at radius 3 is 2.68 bits per heavy atom. The number of nitrogens with zero attached hydrogens (tertiary/aromatic N) is 4. The van der Waals surface area contributed by atoms with Gasteiger partial charge in [-0.1, -0.05) is 17.4 Å². The summed E-state index contributed by atoms with van der Waals surface area (Å²) in [5, 5.41) is 5.27. The average Bonchev–Trinajstić information content (AvgIpc) is 3.14. The first-order valence-corrected chi connectivity index (χ1v) is 11.2. The fraction of sp³-hybridized carbons (Fsp3) is 0.333. The number of aromatic nitrogens is 3. The molecule has 180 valence electrons. The van der Waals surface area contributed by atoms with Crippen molar-refractivity contribution in [1.29, 1.82) is 0 Å². The van der Waals surface area contributed by atoms with Crippen LogP contribution < -0.4 is 16.4 Å². The fourth-order valence-electron chi connectivity index (χ4n) is 3.50. The van der Waals surface area contributed by atoms with Gasteiger partial charge in [-0.25, -0.2) is 19.7 Å². The second-order valence-corrected chi connectivity index (χ2v) is 8.57. The van der Waals surface area contributed by atoms with Crippen LogP contribution in [0.1, 0.15) is 16.8 Å². The number of morpholine rings is 1. The van der Waals surface area contributed by atoms with Gasteiger partial charge in [0.1, 0.15) is 0 Å². The zero-order valence-electron chi connectivity index (χ0n) is 18.1. The summed E-state index contributed by atoms with van der Waals surface area (Å²) in [6, 6.07) is 4.73. The van der Waals surface area contributed by atoms with Crippen molar-refractivity contribution in [1.82, 2.24) is 19.9 Å². The topological polar surface area (TPSA) is 118 Å². The fourth-order valence-corrected chi connectivity index (χ4v) is 4.43. The van der Waals surface area contributed by atoms with Crippen LogP contribution in [-0.4, -0.2) is 52.2 Å². The molecule has 4 rings (SSSR count). The minimum Gasteiger partial charge on any atom is -0.379 e. The zero-order valence-corrected chi connectivity index (χ0v) is 19.0. The molecule has 1 aromatic carbocycles. The summed E-state index contributed by atoms with van der Waals surface area (Å²) in [6.45, 7) is 4.01. The molecule has 34 heavy (non-hydrogen) atoms. The van der Waals surface area contributed by atoms with Gasteiger partial charge in [0.05, 0.1) is 35.0 Å². The van der Waals surface area contributed by atoms with Crippen LogP contribution in [-0.2, 0) is 17.5 Å². The molecule has 1 fully saturated rings. The Kier molecular flexibility index (Phi) is 6.95. The number of nitrogens with two attached hydrogens (primary N) is 1. The van der Waals surface area contributed by atoms with Gasteiger partial charge in [0.25, 0.3) is 0 Å². The number of carbonyl (C=O) groups is 1. The zero-order chi connectivity index (χ0) is 24.3. The maximum atomic E-state index is 13.7. The lowest BCUT2D eigenvalue weighted by Gasteiger charge is -2.27. The number of alkyl halides is 3. The van der Waals surface area contributed by atoms with Crippen LogP contribution in [0.5, 0.6) is 0 Å². The Balaban J connectivity index is 1.47. The number of anilines is 3. The number of urea groups is 1. The van der Waals surface area contributed by atoms with Gasteiger partial charge in [-0.05, 0) is 30.7 Å². The number of nitrogens with one attached hydrogen (secondary N) is 2. The van der Waals surface area contributed by atoms with Crippen molar-refractivity contribution >= 4 is 34.1 Å². The highest BCUT2D eigenvalue weighted by Gasteiger charge is 2.34. The van der Waals surface area contributed by atoms with Gasteiger partial charge in [0, 0.05) is 31.5 Å². The van der Waals surface area contributed by atoms with Crippen LogP contribution in [0, 0.1) is 6.92 Å². The molecule has 4 N–H and O–H groups in total. The van der Waals surface area contributed by atoms with Gasteiger partial charge in [-0.3, -0.25) is 10.2 Å². The molecule has 0 spiro atoms. The van der Waals surface area contributed by atoms with Gasteiger partial charge >= 0.3 is 12.2 Å². The summed E-state index contributed by atoms with van der Waals surface area (Å²) in [7, 11) is 0. The van der Waals surface area contributed by atoms with Crippen molar-refractivity contribution in [2.45, 2.75) is 19.6 Å². The SMILES string of the molecule is Cc1nc(NC(=O)Nc2ccc(CN3CCOCC3)c(C(F)(F)F)c2)sc1-c1ccnc(N)n1. The molecular weight excluding hydrogens is 471 g/mol. The van der Waals surface area contributed by atoms with E-state index in [0.717, 1.165) is 17.4 Å². The molecule has 0 bridgehead atoms. The molecule has 0 saturated carbocycles. The van der Waals surface area contributed by atoms with Gasteiger partial charge in [-0.2, -0.15) is 13.2 Å². The van der Waals surface area contributed by atoms with Crippen molar-refractivity contribution in [3.8, 4) is 10.6 Å². The van der Waals surface area contributed by atoms with Gasteiger partial charge in [0.2, 0.25) is 5.95 Å². The number of hydrogen-bond acceptors (Lipinski definition) is 8. The molecule has 2 aromatic heterocycles. The molecule has 1 saturated heterocycles. The molecule has 0 atom stereocenters. The number of hydrogen-bond donors (Lipinski definition) is 3. The van der Waals surface area contributed by atoms with Crippen molar-refractivity contribution in [2.24, 2.45) is 0 Å². The lowest BCUT2D eigenvalue weighted by molar-refractivity contribution is -0.138. The van der Waals surface area contributed by atoms with Gasteiger partial charge in [-0.15, -0.1) is 0 Å². The summed E-state index contributed by atoms with van der Waals surface area (Å²) in [5.41, 5.74) is 6.17. The number of rotatable bonds is 5. The van der Waals surface area contributed by atoms with E-state index in [1.807, 2.05) is 4.90 Å². The van der Waals surface area contributed by atoms with Gasteiger partial charge in [0.15, 0.2) is 5.13 Å². The Morgan fingerprint density at radius 2 is 1.97 bits per heavy atom. The molecule has 0 radical (unpaired) electrons. The molecule has 1 aliphatic rings. The minimum absolute atomic E-state index is 0.0210. The highest BCUT2D eigenvalue weighted by atomic mass is 32.1. The molecular formula is C21H22F3N7O2S. The monoisotopic (exact) mass is 493 g/mol. The van der Waals surface area contributed by atoms with Crippen LogP contribution in [0.25, 0.3) is 10.6 Å². The van der Waals surface area contributed by atoms with Crippen LogP contribution in [0.15, 0.2) is 30.5 Å². The number of nitrogen functional groups attached to an aromatic ring is 1. The standard InChI is InChI=1S/C21H22F3N7O2S/c1-12-17(16-4-5-26-18(25)29-16)34-20(27-12)30-19(32)28-14-3-2-13(15(10-14)21(22,23)24)11-31-6-8-33-9-7-31/h2-5,10H,6-9,11H2,1H3,(H2,25,26,29)(H2,27,28,30,32). The van der Waals surface area contributed by atoms with Crippen molar-refractivity contribution in [3.05, 3.63) is 47.3 Å². The first-order valence-electron chi connectivity index (χ1n) is 10.3. The molecule has 0 unspecified atom stereocenters. The van der Waals surface area contributed by atoms with E-state index in [1.165, 1.54) is 18.3 Å². The quantitative estimate of drug-likeness (QED) is 0.492. The van der Waals surface area contributed by atoms with Crippen LogP contribution in [0.3, 0.4) is 0 Å². The maximum absolute atomic E-state index is 13.7. The second kappa shape index (κ2) is 9.91. The number of benzene rings is 1. The largest absolute Gasteiger partial charge is 0.416 e. The van der Waals surface area contributed by atoms with Crippen LogP contribution in [0.2, 0.25) is 0 Å². The Hall–Kier alpha value is -3.29. The first-order chi connectivity index (χ1) is 16.2. The van der Waals surface area contributed by atoms with E-state index in [4.69, 9.17) is 10.5 Å². The Bertz CT molecular complexity index is 1180. The van der Waals surface area contributed by atoms with E-state index in [-0.39, 0.29) is 28.9 Å². The predicted molar refractivity (Wildman–Crippen MR) is 122 cm³/mol. The normalized spacial score (nSPS) is 14.7. The highest BCUT2D eigenvalue weighted by Crippen LogP contribution is 2.35. The van der Waals surface area contributed by atoms with Crippen molar-refractivity contribution in [3.63, 3.8) is 0 Å². The van der Waals surface area contributed by atoms with Gasteiger partial charge < -0.3 is 15.8 Å². The summed E-state index contributed by atoms with van der Waals surface area (Å²) in [4.78, 5) is 27.3. The molecule has 9 nitrogen and oxygen atoms in total. The Morgan fingerprint density at radius 1 is 1.21 bits per heavy atom. The van der Waals surface area contributed by atoms with E-state index in [2.05, 4.69) is 25.6 Å². The van der Waals surface area contributed by atoms with E-state index >= 15 is 0 Å². The van der Waals surface area contributed by atoms with E-state index in [1.54, 1.807) is 13.0 Å². The second-order valence-electron chi connectivity index (χ2n) is 7.57. The lowest BCUT2D eigenvalue weighted by atomic mass is 10.0. The van der Waals surface area contributed by atoms with E-state index < -0.39 is 17.8 Å². The number of thiazole rings is 1. The van der Waals surface area contributed by atoms with Crippen molar-refractivity contribution < 1.29 is 22.7 Å². The average molecular weight is 494 g/mol. The summed E-state index contributed by atoms with van der Waals surface area (Å²) < 4.78 is 46.4. The minimum atomic E-state index is -4.56. The smallest absolute Gasteiger partial charge is 0.379 e. The first kappa shape index (κ1) is 23.9. The molecule has 13 heteroatoms. The molecule has 2 amide bonds. The molecule has 3 heterocycles. The number of halogens is 3. The van der Waals surface area contributed by atoms with Crippen LogP contribution in [0.4, 0.5) is 34.7 Å². The third-order valence-corrected chi connectivity index (χ3v) is 6.19. The number of aryl methyl sites for hydroxylation is 1. The molecule has 1 aliphatic heterocycles.